The molecule has 0 unspecified atom stereocenters. The van der Waals surface area contributed by atoms with Gasteiger partial charge in [-0.1, -0.05) is 20.8 Å². The molecule has 0 radical (unpaired) electrons. The summed E-state index contributed by atoms with van der Waals surface area (Å²) in [6, 6.07) is 0. The summed E-state index contributed by atoms with van der Waals surface area (Å²) < 4.78 is 0. The Hall–Kier alpha value is 0.405. The topological polar surface area (TPSA) is 34.1 Å². The Bertz CT molecular complexity index is 65.4. The minimum Gasteiger partial charge on any atom is -0.324 e. The van der Waals surface area contributed by atoms with Crippen molar-refractivity contribution >= 4 is 42.9 Å². The van der Waals surface area contributed by atoms with E-state index in [1.807, 2.05) is 0 Å². The number of hydrogen-bond donors (Lipinski definition) is 0. The third-order valence-electron chi connectivity index (χ3n) is 0.192. The van der Waals surface area contributed by atoms with Gasteiger partial charge in [-0.3, -0.25) is 0 Å². The van der Waals surface area contributed by atoms with Crippen molar-refractivity contribution in [3.05, 3.63) is 0 Å². The molecule has 0 amide bonds. The number of hydrogen-bond acceptors (Lipinski definition) is 2. The molecule has 0 saturated heterocycles. The third-order valence-corrected chi connectivity index (χ3v) is 0.577. The minimum absolute atomic E-state index is 0. The molecule has 0 aliphatic rings. The maximum atomic E-state index is 9.24. The van der Waals surface area contributed by atoms with Crippen LogP contribution in [-0.2, 0) is 9.59 Å². The fraction of sp³-hybridized carbons (Fsp3) is 0.667. The lowest BCUT2D eigenvalue weighted by Gasteiger charge is -1.79. The highest BCUT2D eigenvalue weighted by atomic mass is 27.1. The summed E-state index contributed by atoms with van der Waals surface area (Å²) in [7, 11) is 0. The minimum atomic E-state index is -0.929. The summed E-state index contributed by atoms with van der Waals surface area (Å²) in [6.07, 6.45) is 0. The highest BCUT2D eigenvalue weighted by Crippen LogP contribution is 1.81. The van der Waals surface area contributed by atoms with Crippen molar-refractivity contribution in [3.63, 3.8) is 0 Å². The Labute approximate surface area is 79.2 Å². The van der Waals surface area contributed by atoms with Gasteiger partial charge in [-0.25, -0.2) is 0 Å². The maximum absolute atomic E-state index is 9.24. The largest absolute Gasteiger partial charge is 0.429 e. The van der Waals surface area contributed by atoms with Crippen molar-refractivity contribution in [2.75, 3.05) is 0 Å². The molecular formula is C6H16Al2O2. The second-order valence-corrected chi connectivity index (χ2v) is 3.44. The van der Waals surface area contributed by atoms with Crippen LogP contribution in [0.25, 0.3) is 0 Å². The lowest BCUT2D eigenvalue weighted by atomic mass is 10.3. The highest BCUT2D eigenvalue weighted by molar-refractivity contribution is 6.87. The summed E-state index contributed by atoms with van der Waals surface area (Å²) >= 11 is -0.929. The summed E-state index contributed by atoms with van der Waals surface area (Å²) in [5, 5.41) is 1.40. The summed E-state index contributed by atoms with van der Waals surface area (Å²) in [4.78, 5) is 18.5. The van der Waals surface area contributed by atoms with Gasteiger partial charge in [0.25, 0.3) is 0 Å². The predicted octanol–water partition coefficient (Wildman–Crippen LogP) is -0.718. The van der Waals surface area contributed by atoms with Gasteiger partial charge in [0.2, 0.25) is 0 Å². The van der Waals surface area contributed by atoms with Gasteiger partial charge in [-0.2, -0.15) is 0 Å². The van der Waals surface area contributed by atoms with Gasteiger partial charge in [0.1, 0.15) is 0 Å². The molecule has 0 N–H and O–H groups in total. The van der Waals surface area contributed by atoms with Gasteiger partial charge in [0, 0.05) is 10.3 Å². The van der Waals surface area contributed by atoms with E-state index in [2.05, 4.69) is 20.8 Å². The van der Waals surface area contributed by atoms with Crippen LogP contribution in [0.5, 0.6) is 0 Å². The smallest absolute Gasteiger partial charge is 0.324 e. The fourth-order valence-corrected chi connectivity index (χ4v) is 0.118. The van der Waals surface area contributed by atoms with Gasteiger partial charge < -0.3 is 9.59 Å². The second kappa shape index (κ2) is 16.2. The average Bonchev–Trinajstić information content (AvgIpc) is 1.66. The molecule has 0 aromatic rings. The Morgan fingerprint density at radius 2 is 1.30 bits per heavy atom. The predicted molar refractivity (Wildman–Crippen MR) is 51.1 cm³/mol. The van der Waals surface area contributed by atoms with E-state index >= 15 is 0 Å². The molecule has 4 heteroatoms. The molecule has 0 aromatic carbocycles. The van der Waals surface area contributed by atoms with Gasteiger partial charge >= 0.3 is 15.2 Å². The maximum Gasteiger partial charge on any atom is 0.429 e. The van der Waals surface area contributed by atoms with Gasteiger partial charge in [0.05, 0.1) is 0 Å². The fourth-order valence-electron chi connectivity index (χ4n) is 0.0393. The quantitative estimate of drug-likeness (QED) is 0.409. The van der Waals surface area contributed by atoms with Crippen LogP contribution in [0.1, 0.15) is 20.8 Å². The van der Waals surface area contributed by atoms with Crippen molar-refractivity contribution in [2.24, 2.45) is 5.92 Å². The highest BCUT2D eigenvalue weighted by Gasteiger charge is 1.77. The zero-order valence-corrected chi connectivity index (χ0v) is 7.67. The SMILES string of the molecule is CC(C)C.O=[CH][AlH][CH]=O.[AlH3]. The molecule has 0 saturated carbocycles. The first-order valence-corrected chi connectivity index (χ1v) is 4.65. The van der Waals surface area contributed by atoms with Crippen LogP contribution in [0.2, 0.25) is 0 Å². The summed E-state index contributed by atoms with van der Waals surface area (Å²) in [6.45, 7) is 6.50. The van der Waals surface area contributed by atoms with Crippen LogP contribution in [0.4, 0.5) is 0 Å². The van der Waals surface area contributed by atoms with Crippen LogP contribution < -0.4 is 0 Å². The van der Waals surface area contributed by atoms with E-state index in [4.69, 9.17) is 0 Å². The van der Waals surface area contributed by atoms with Crippen LogP contribution >= 0.6 is 0 Å². The lowest BCUT2D eigenvalue weighted by Crippen LogP contribution is -1.89. The Kier molecular flexibility index (Phi) is 27.2. The van der Waals surface area contributed by atoms with Crippen molar-refractivity contribution in [1.29, 1.82) is 0 Å². The standard InChI is InChI=1S/C4H10.2CHO.2Al.4H/c1-4(2)3;2*1-2;;;;;;/h4H,1-3H3;2*1H;;;;;;. The lowest BCUT2D eigenvalue weighted by molar-refractivity contribution is 0.564. The van der Waals surface area contributed by atoms with E-state index in [1.54, 1.807) is 0 Å². The molecule has 0 aliphatic carbocycles. The number of rotatable bonds is 2. The van der Waals surface area contributed by atoms with E-state index in [0.717, 1.165) is 5.92 Å². The molecule has 2 nitrogen and oxygen atoms in total. The molecule has 0 atom stereocenters. The first-order valence-electron chi connectivity index (χ1n) is 3.02. The molecule has 0 fully saturated rings. The van der Waals surface area contributed by atoms with Crippen LogP contribution in [0.3, 0.4) is 0 Å². The summed E-state index contributed by atoms with van der Waals surface area (Å²) in [5.74, 6) is 0.833. The molecule has 0 bridgehead atoms. The van der Waals surface area contributed by atoms with Crippen molar-refractivity contribution in [2.45, 2.75) is 20.8 Å². The molecular weight excluding hydrogens is 158 g/mol. The Balaban J connectivity index is -0.0000000910. The van der Waals surface area contributed by atoms with Crippen LogP contribution in [0.15, 0.2) is 0 Å². The molecule has 0 aliphatic heterocycles. The van der Waals surface area contributed by atoms with E-state index in [-0.39, 0.29) is 17.4 Å². The zero-order chi connectivity index (χ0) is 7.70. The van der Waals surface area contributed by atoms with Gasteiger partial charge in [-0.15, -0.1) is 0 Å². The van der Waals surface area contributed by atoms with E-state index in [0.29, 0.717) is 10.3 Å². The van der Waals surface area contributed by atoms with Gasteiger partial charge in [0.15, 0.2) is 17.4 Å². The van der Waals surface area contributed by atoms with E-state index < -0.39 is 15.2 Å². The first kappa shape index (κ1) is 16.8. The molecule has 10 heavy (non-hydrogen) atoms. The van der Waals surface area contributed by atoms with Crippen LogP contribution in [-0.4, -0.2) is 42.9 Å². The Morgan fingerprint density at radius 1 is 1.10 bits per heavy atom. The summed E-state index contributed by atoms with van der Waals surface area (Å²) in [5.41, 5.74) is 0. The second-order valence-electron chi connectivity index (χ2n) is 2.30. The van der Waals surface area contributed by atoms with Crippen molar-refractivity contribution in [3.8, 4) is 0 Å². The van der Waals surface area contributed by atoms with E-state index in [9.17, 15) is 9.59 Å². The molecule has 58 valence electrons. The first-order chi connectivity index (χ1) is 4.15. The third kappa shape index (κ3) is 79.7. The zero-order valence-electron chi connectivity index (χ0n) is 6.26. The Morgan fingerprint density at radius 3 is 1.30 bits per heavy atom. The van der Waals surface area contributed by atoms with Crippen LogP contribution in [0, 0.1) is 5.92 Å². The molecule has 0 heterocycles. The number of carbonyl (C=O) groups is 2. The van der Waals surface area contributed by atoms with Gasteiger partial charge in [-0.05, 0) is 5.92 Å². The molecule has 0 rings (SSSR count). The van der Waals surface area contributed by atoms with E-state index in [1.165, 1.54) is 0 Å². The number of carbonyl (C=O) groups excluding carboxylic acids is 2. The normalized spacial score (nSPS) is 6.40. The molecule has 0 aromatic heterocycles. The molecule has 0 spiro atoms. The monoisotopic (exact) mass is 174 g/mol. The van der Waals surface area contributed by atoms with Crippen molar-refractivity contribution in [1.82, 2.24) is 0 Å². The van der Waals surface area contributed by atoms with Crippen molar-refractivity contribution < 1.29 is 9.59 Å². The average molecular weight is 174 g/mol.